The summed E-state index contributed by atoms with van der Waals surface area (Å²) in [5, 5.41) is 3.06. The molecule has 1 aromatic rings. The second-order valence-electron chi connectivity index (χ2n) is 6.26. The maximum atomic E-state index is 12.1. The van der Waals surface area contributed by atoms with E-state index in [0.29, 0.717) is 19.0 Å². The molecule has 1 aliphatic heterocycles. The third-order valence-corrected chi connectivity index (χ3v) is 5.64. The summed E-state index contributed by atoms with van der Waals surface area (Å²) in [5.41, 5.74) is 6.74. The fourth-order valence-corrected chi connectivity index (χ4v) is 3.82. The van der Waals surface area contributed by atoms with Crippen LogP contribution in [0.3, 0.4) is 0 Å². The van der Waals surface area contributed by atoms with Crippen molar-refractivity contribution in [1.82, 2.24) is 10.0 Å². The molecule has 2 aliphatic rings. The number of nitrogens with two attached hydrogens (primary N) is 1. The van der Waals surface area contributed by atoms with E-state index in [-0.39, 0.29) is 17.0 Å². The van der Waals surface area contributed by atoms with Gasteiger partial charge in [-0.15, -0.1) is 0 Å². The van der Waals surface area contributed by atoms with Crippen molar-refractivity contribution in [2.45, 2.75) is 49.3 Å². The van der Waals surface area contributed by atoms with E-state index in [0.717, 1.165) is 37.9 Å². The normalized spacial score (nSPS) is 21.8. The molecule has 1 aromatic carbocycles. The average Bonchev–Trinajstić information content (AvgIpc) is 3.21. The van der Waals surface area contributed by atoms with Gasteiger partial charge in [0.1, 0.15) is 0 Å². The van der Waals surface area contributed by atoms with Gasteiger partial charge in [-0.3, -0.25) is 0 Å². The van der Waals surface area contributed by atoms with E-state index in [2.05, 4.69) is 15.0 Å². The number of ether oxygens (including phenoxy) is 1. The molecular formula is C16H24N4O3S. The second-order valence-corrected chi connectivity index (χ2v) is 7.97. The van der Waals surface area contributed by atoms with Crippen molar-refractivity contribution < 1.29 is 13.2 Å². The zero-order chi connectivity index (χ0) is 17.0. The van der Waals surface area contributed by atoms with Crippen LogP contribution in [0.1, 0.15) is 31.2 Å². The van der Waals surface area contributed by atoms with Crippen molar-refractivity contribution >= 4 is 16.0 Å². The summed E-state index contributed by atoms with van der Waals surface area (Å²) in [4.78, 5) is 4.55. The Labute approximate surface area is 142 Å². The largest absolute Gasteiger partial charge is 0.376 e. The zero-order valence-corrected chi connectivity index (χ0v) is 14.4. The standard InChI is InChI=1S/C16H24N4O3S/c17-16(19-11-14-2-1-9-23-14)18-10-12-3-7-15(8-4-12)24(21,22)20-13-5-6-13/h3-4,7-8,13-14,20H,1-2,5-6,9-11H2,(H3,17,18,19). The minimum absolute atomic E-state index is 0.106. The van der Waals surface area contributed by atoms with Gasteiger partial charge in [-0.25, -0.2) is 18.1 Å². The Hall–Kier alpha value is -1.64. The third-order valence-electron chi connectivity index (χ3n) is 4.10. The van der Waals surface area contributed by atoms with E-state index in [9.17, 15) is 8.42 Å². The number of benzene rings is 1. The molecule has 2 fully saturated rings. The van der Waals surface area contributed by atoms with Crippen LogP contribution in [0.4, 0.5) is 0 Å². The van der Waals surface area contributed by atoms with Crippen LogP contribution in [0.2, 0.25) is 0 Å². The summed E-state index contributed by atoms with van der Waals surface area (Å²) in [6.45, 7) is 1.88. The minimum Gasteiger partial charge on any atom is -0.376 e. The summed E-state index contributed by atoms with van der Waals surface area (Å²) in [6.07, 6.45) is 4.19. The summed E-state index contributed by atoms with van der Waals surface area (Å²) in [5.74, 6) is 0.373. The summed E-state index contributed by atoms with van der Waals surface area (Å²) in [7, 11) is -3.40. The van der Waals surface area contributed by atoms with E-state index in [1.165, 1.54) is 0 Å². The maximum Gasteiger partial charge on any atom is 0.240 e. The van der Waals surface area contributed by atoms with Gasteiger partial charge in [0.15, 0.2) is 5.96 Å². The van der Waals surface area contributed by atoms with Crippen molar-refractivity contribution in [3.8, 4) is 0 Å². The van der Waals surface area contributed by atoms with Crippen LogP contribution in [0, 0.1) is 0 Å². The lowest BCUT2D eigenvalue weighted by atomic mass is 10.2. The molecular weight excluding hydrogens is 328 g/mol. The SMILES string of the molecule is NC(=NCc1ccc(S(=O)(=O)NC2CC2)cc1)NCC1CCCO1. The van der Waals surface area contributed by atoms with Gasteiger partial charge in [-0.1, -0.05) is 12.1 Å². The Morgan fingerprint density at radius 3 is 2.62 bits per heavy atom. The quantitative estimate of drug-likeness (QED) is 0.495. The maximum absolute atomic E-state index is 12.1. The van der Waals surface area contributed by atoms with E-state index in [4.69, 9.17) is 10.5 Å². The van der Waals surface area contributed by atoms with Crippen LogP contribution in [0.5, 0.6) is 0 Å². The monoisotopic (exact) mass is 352 g/mol. The number of guanidine groups is 1. The Kier molecular flexibility index (Phi) is 5.37. The summed E-state index contributed by atoms with van der Waals surface area (Å²) >= 11 is 0. The van der Waals surface area contributed by atoms with Gasteiger partial charge >= 0.3 is 0 Å². The molecule has 7 nitrogen and oxygen atoms in total. The summed E-state index contributed by atoms with van der Waals surface area (Å²) < 4.78 is 32.4. The molecule has 132 valence electrons. The first-order chi connectivity index (χ1) is 11.5. The topological polar surface area (TPSA) is 106 Å². The first-order valence-corrected chi connectivity index (χ1v) is 9.78. The molecule has 0 radical (unpaired) electrons. The number of rotatable bonds is 7. The van der Waals surface area contributed by atoms with Crippen molar-refractivity contribution in [3.63, 3.8) is 0 Å². The van der Waals surface area contributed by atoms with Crippen LogP contribution in [-0.2, 0) is 21.3 Å². The first kappa shape index (κ1) is 17.2. The third kappa shape index (κ3) is 4.93. The highest BCUT2D eigenvalue weighted by Crippen LogP contribution is 2.22. The number of sulfonamides is 1. The predicted octanol–water partition coefficient (Wildman–Crippen LogP) is 0.711. The van der Waals surface area contributed by atoms with Gasteiger partial charge in [0, 0.05) is 19.2 Å². The van der Waals surface area contributed by atoms with E-state index in [1.54, 1.807) is 24.3 Å². The highest BCUT2D eigenvalue weighted by molar-refractivity contribution is 7.89. The van der Waals surface area contributed by atoms with Crippen LogP contribution >= 0.6 is 0 Å². The molecule has 1 saturated heterocycles. The lowest BCUT2D eigenvalue weighted by molar-refractivity contribution is 0.114. The van der Waals surface area contributed by atoms with Gasteiger partial charge in [0.05, 0.1) is 17.5 Å². The van der Waals surface area contributed by atoms with Crippen LogP contribution in [0.15, 0.2) is 34.2 Å². The minimum atomic E-state index is -3.40. The molecule has 1 saturated carbocycles. The molecule has 1 aliphatic carbocycles. The van der Waals surface area contributed by atoms with Crippen molar-refractivity contribution in [2.75, 3.05) is 13.2 Å². The number of hydrogen-bond donors (Lipinski definition) is 3. The van der Waals surface area contributed by atoms with Crippen LogP contribution < -0.4 is 15.8 Å². The fraction of sp³-hybridized carbons (Fsp3) is 0.562. The molecule has 0 spiro atoms. The number of hydrogen-bond acceptors (Lipinski definition) is 4. The fourth-order valence-electron chi connectivity index (χ4n) is 2.52. The van der Waals surface area contributed by atoms with Crippen LogP contribution in [0.25, 0.3) is 0 Å². The van der Waals surface area contributed by atoms with Crippen molar-refractivity contribution in [2.24, 2.45) is 10.7 Å². The van der Waals surface area contributed by atoms with Gasteiger partial charge in [0.2, 0.25) is 10.0 Å². The number of nitrogens with zero attached hydrogens (tertiary/aromatic N) is 1. The zero-order valence-electron chi connectivity index (χ0n) is 13.6. The molecule has 0 bridgehead atoms. The van der Waals surface area contributed by atoms with Crippen LogP contribution in [-0.4, -0.2) is 39.7 Å². The molecule has 8 heteroatoms. The van der Waals surface area contributed by atoms with Gasteiger partial charge in [0.25, 0.3) is 0 Å². The van der Waals surface area contributed by atoms with Crippen molar-refractivity contribution in [1.29, 1.82) is 0 Å². The van der Waals surface area contributed by atoms with E-state index in [1.807, 2.05) is 0 Å². The molecule has 24 heavy (non-hydrogen) atoms. The predicted molar refractivity (Wildman–Crippen MR) is 92.1 cm³/mol. The number of aliphatic imine (C=N–C) groups is 1. The lowest BCUT2D eigenvalue weighted by Crippen LogP contribution is -2.37. The highest BCUT2D eigenvalue weighted by Gasteiger charge is 2.27. The highest BCUT2D eigenvalue weighted by atomic mass is 32.2. The molecule has 1 heterocycles. The molecule has 0 aromatic heterocycles. The van der Waals surface area contributed by atoms with Gasteiger partial charge in [-0.2, -0.15) is 0 Å². The Bertz CT molecular complexity index is 678. The lowest BCUT2D eigenvalue weighted by Gasteiger charge is -2.11. The molecule has 4 N–H and O–H groups in total. The average molecular weight is 352 g/mol. The second kappa shape index (κ2) is 7.50. The van der Waals surface area contributed by atoms with E-state index < -0.39 is 10.0 Å². The molecule has 1 atom stereocenters. The van der Waals surface area contributed by atoms with Gasteiger partial charge in [-0.05, 0) is 43.4 Å². The smallest absolute Gasteiger partial charge is 0.240 e. The Morgan fingerprint density at radius 1 is 1.25 bits per heavy atom. The Balaban J connectivity index is 1.50. The molecule has 1 unspecified atom stereocenters. The van der Waals surface area contributed by atoms with Gasteiger partial charge < -0.3 is 15.8 Å². The van der Waals surface area contributed by atoms with Crippen molar-refractivity contribution in [3.05, 3.63) is 29.8 Å². The molecule has 3 rings (SSSR count). The first-order valence-electron chi connectivity index (χ1n) is 8.29. The van der Waals surface area contributed by atoms with E-state index >= 15 is 0 Å². The Morgan fingerprint density at radius 2 is 2.00 bits per heavy atom. The summed E-state index contributed by atoms with van der Waals surface area (Å²) in [6, 6.07) is 6.84. The number of nitrogens with one attached hydrogen (secondary N) is 2. The molecule has 0 amide bonds.